The molecule has 0 atom stereocenters. The first kappa shape index (κ1) is 20.5. The Labute approximate surface area is 171 Å². The molecular formula is C25H27NO3. The molecule has 3 rings (SSSR count). The van der Waals surface area contributed by atoms with Crippen LogP contribution < -0.4 is 5.32 Å². The molecule has 3 aromatic carbocycles. The first-order chi connectivity index (χ1) is 13.6. The number of aryl methyl sites for hydroxylation is 2. The van der Waals surface area contributed by atoms with E-state index in [0.29, 0.717) is 5.69 Å². The van der Waals surface area contributed by atoms with Crippen molar-refractivity contribution in [3.05, 3.63) is 76.9 Å². The lowest BCUT2D eigenvalue weighted by Gasteiger charge is -2.23. The summed E-state index contributed by atoms with van der Waals surface area (Å²) in [5.41, 5.74) is 4.85. The highest BCUT2D eigenvalue weighted by atomic mass is 16.3. The van der Waals surface area contributed by atoms with Gasteiger partial charge in [0.1, 0.15) is 11.5 Å². The van der Waals surface area contributed by atoms with Gasteiger partial charge in [-0.2, -0.15) is 0 Å². The number of anilines is 1. The number of phenolic OH excluding ortho intramolecular Hbond substituents is 2. The minimum Gasteiger partial charge on any atom is -0.507 e. The molecule has 0 heterocycles. The molecule has 4 heteroatoms. The average Bonchev–Trinajstić information content (AvgIpc) is 2.64. The Bertz CT molecular complexity index is 1060. The summed E-state index contributed by atoms with van der Waals surface area (Å²) in [6, 6.07) is 16.6. The molecule has 0 aromatic heterocycles. The second kappa shape index (κ2) is 7.63. The van der Waals surface area contributed by atoms with Crippen molar-refractivity contribution in [1.29, 1.82) is 0 Å². The fraction of sp³-hybridized carbons (Fsp3) is 0.240. The van der Waals surface area contributed by atoms with Crippen LogP contribution in [0.4, 0.5) is 5.69 Å². The fourth-order valence-corrected chi connectivity index (χ4v) is 3.28. The number of benzene rings is 3. The molecule has 0 saturated heterocycles. The molecule has 0 aliphatic heterocycles. The highest BCUT2D eigenvalue weighted by Gasteiger charge is 2.22. The van der Waals surface area contributed by atoms with Gasteiger partial charge in [-0.1, -0.05) is 62.7 Å². The van der Waals surface area contributed by atoms with Gasteiger partial charge in [0.05, 0.1) is 11.3 Å². The third-order valence-corrected chi connectivity index (χ3v) is 4.94. The molecule has 0 aliphatic carbocycles. The highest BCUT2D eigenvalue weighted by Crippen LogP contribution is 2.38. The van der Waals surface area contributed by atoms with Crippen LogP contribution in [0.2, 0.25) is 0 Å². The number of carbonyl (C=O) groups is 1. The molecule has 0 unspecified atom stereocenters. The van der Waals surface area contributed by atoms with Gasteiger partial charge in [-0.05, 0) is 54.2 Å². The van der Waals surface area contributed by atoms with E-state index in [1.807, 2.05) is 65.0 Å². The van der Waals surface area contributed by atoms with Crippen molar-refractivity contribution < 1.29 is 15.0 Å². The van der Waals surface area contributed by atoms with E-state index in [1.54, 1.807) is 24.3 Å². The molecule has 0 spiro atoms. The van der Waals surface area contributed by atoms with Crippen molar-refractivity contribution in [3.8, 4) is 22.6 Å². The van der Waals surface area contributed by atoms with Crippen molar-refractivity contribution in [2.45, 2.75) is 40.0 Å². The predicted octanol–water partition coefficient (Wildman–Crippen LogP) is 5.93. The minimum absolute atomic E-state index is 0.0483. The van der Waals surface area contributed by atoms with Crippen LogP contribution in [-0.2, 0) is 5.41 Å². The Hall–Kier alpha value is -3.27. The molecule has 3 N–H and O–H groups in total. The molecule has 0 radical (unpaired) electrons. The van der Waals surface area contributed by atoms with Crippen molar-refractivity contribution in [2.24, 2.45) is 0 Å². The van der Waals surface area contributed by atoms with Crippen LogP contribution in [-0.4, -0.2) is 16.1 Å². The number of hydrogen-bond donors (Lipinski definition) is 3. The third-order valence-electron chi connectivity index (χ3n) is 4.94. The molecule has 150 valence electrons. The van der Waals surface area contributed by atoms with E-state index in [-0.39, 0.29) is 22.5 Å². The number of phenols is 2. The molecule has 0 aliphatic rings. The van der Waals surface area contributed by atoms with E-state index in [0.717, 1.165) is 27.8 Å². The van der Waals surface area contributed by atoms with Crippen molar-refractivity contribution in [1.82, 2.24) is 0 Å². The maximum atomic E-state index is 12.8. The van der Waals surface area contributed by atoms with Gasteiger partial charge in [-0.3, -0.25) is 4.79 Å². The number of rotatable bonds is 3. The predicted molar refractivity (Wildman–Crippen MR) is 118 cm³/mol. The summed E-state index contributed by atoms with van der Waals surface area (Å²) >= 11 is 0. The van der Waals surface area contributed by atoms with Crippen LogP contribution in [0.25, 0.3) is 11.1 Å². The number of aromatic hydroxyl groups is 2. The van der Waals surface area contributed by atoms with Crippen LogP contribution in [0.3, 0.4) is 0 Å². The number of amides is 1. The lowest BCUT2D eigenvalue weighted by molar-refractivity contribution is 0.102. The monoisotopic (exact) mass is 389 g/mol. The molecule has 3 aromatic rings. The summed E-state index contributed by atoms with van der Waals surface area (Å²) in [6.45, 7) is 9.94. The van der Waals surface area contributed by atoms with Crippen molar-refractivity contribution >= 4 is 11.6 Å². The fourth-order valence-electron chi connectivity index (χ4n) is 3.28. The van der Waals surface area contributed by atoms with Crippen molar-refractivity contribution in [2.75, 3.05) is 5.32 Å². The zero-order chi connectivity index (χ0) is 21.3. The zero-order valence-electron chi connectivity index (χ0n) is 17.5. The van der Waals surface area contributed by atoms with Gasteiger partial charge in [0.25, 0.3) is 5.91 Å². The summed E-state index contributed by atoms with van der Waals surface area (Å²) in [7, 11) is 0. The van der Waals surface area contributed by atoms with Crippen LogP contribution in [0.1, 0.15) is 47.8 Å². The van der Waals surface area contributed by atoms with Gasteiger partial charge < -0.3 is 15.5 Å². The lowest BCUT2D eigenvalue weighted by Crippen LogP contribution is -2.16. The number of carbonyl (C=O) groups excluding carboxylic acids is 1. The topological polar surface area (TPSA) is 69.6 Å². The lowest BCUT2D eigenvalue weighted by atomic mass is 9.85. The third kappa shape index (κ3) is 4.43. The zero-order valence-corrected chi connectivity index (χ0v) is 17.5. The molecule has 0 saturated carbocycles. The van der Waals surface area contributed by atoms with Gasteiger partial charge in [0.2, 0.25) is 0 Å². The molecule has 29 heavy (non-hydrogen) atoms. The minimum atomic E-state index is -0.473. The van der Waals surface area contributed by atoms with Crippen LogP contribution in [0.15, 0.2) is 54.6 Å². The second-order valence-corrected chi connectivity index (χ2v) is 8.51. The molecule has 4 nitrogen and oxygen atoms in total. The van der Waals surface area contributed by atoms with Gasteiger partial charge in [0.15, 0.2) is 0 Å². The normalized spacial score (nSPS) is 11.3. The Morgan fingerprint density at radius 2 is 1.45 bits per heavy atom. The van der Waals surface area contributed by atoms with Gasteiger partial charge >= 0.3 is 0 Å². The maximum absolute atomic E-state index is 12.8. The van der Waals surface area contributed by atoms with Crippen LogP contribution in [0, 0.1) is 13.8 Å². The largest absolute Gasteiger partial charge is 0.507 e. The molecular weight excluding hydrogens is 362 g/mol. The standard InChI is InChI=1S/C25H27NO3/c1-15-6-8-17(9-7-15)18-10-11-19(22(27)14-18)24(29)26-21-13-16(2)12-20(23(21)28)25(3,4)5/h6-14,27-28H,1-5H3,(H,26,29). The summed E-state index contributed by atoms with van der Waals surface area (Å²) in [5.74, 6) is -0.533. The molecule has 0 bridgehead atoms. The Balaban J connectivity index is 1.90. The number of nitrogens with one attached hydrogen (secondary N) is 1. The molecule has 1 amide bonds. The number of hydrogen-bond acceptors (Lipinski definition) is 3. The first-order valence-corrected chi connectivity index (χ1v) is 9.62. The summed E-state index contributed by atoms with van der Waals surface area (Å²) < 4.78 is 0. The van der Waals surface area contributed by atoms with E-state index >= 15 is 0 Å². The van der Waals surface area contributed by atoms with Gasteiger partial charge in [0, 0.05) is 5.56 Å². The van der Waals surface area contributed by atoms with Crippen LogP contribution >= 0.6 is 0 Å². The first-order valence-electron chi connectivity index (χ1n) is 9.62. The van der Waals surface area contributed by atoms with Crippen LogP contribution in [0.5, 0.6) is 11.5 Å². The van der Waals surface area contributed by atoms with Crippen molar-refractivity contribution in [3.63, 3.8) is 0 Å². The summed E-state index contributed by atoms with van der Waals surface area (Å²) in [4.78, 5) is 12.8. The highest BCUT2D eigenvalue weighted by molar-refractivity contribution is 6.07. The SMILES string of the molecule is Cc1ccc(-c2ccc(C(=O)Nc3cc(C)cc(C(C)(C)C)c3O)c(O)c2)cc1. The Kier molecular flexibility index (Phi) is 5.38. The van der Waals surface area contributed by atoms with E-state index in [2.05, 4.69) is 5.32 Å². The Morgan fingerprint density at radius 3 is 2.03 bits per heavy atom. The second-order valence-electron chi connectivity index (χ2n) is 8.51. The Morgan fingerprint density at radius 1 is 0.828 bits per heavy atom. The smallest absolute Gasteiger partial charge is 0.259 e. The molecule has 0 fully saturated rings. The summed E-state index contributed by atoms with van der Waals surface area (Å²) in [5, 5.41) is 23.8. The maximum Gasteiger partial charge on any atom is 0.259 e. The summed E-state index contributed by atoms with van der Waals surface area (Å²) in [6.07, 6.45) is 0. The quantitative estimate of drug-likeness (QED) is 0.486. The van der Waals surface area contributed by atoms with E-state index < -0.39 is 5.91 Å². The van der Waals surface area contributed by atoms with E-state index in [9.17, 15) is 15.0 Å². The van der Waals surface area contributed by atoms with Gasteiger partial charge in [-0.25, -0.2) is 0 Å². The van der Waals surface area contributed by atoms with E-state index in [1.165, 1.54) is 0 Å². The van der Waals surface area contributed by atoms with E-state index in [4.69, 9.17) is 0 Å². The average molecular weight is 389 g/mol. The van der Waals surface area contributed by atoms with Gasteiger partial charge in [-0.15, -0.1) is 0 Å².